The molecule has 0 radical (unpaired) electrons. The van der Waals surface area contributed by atoms with Gasteiger partial charge in [-0.2, -0.15) is 18.3 Å². The van der Waals surface area contributed by atoms with Gasteiger partial charge in [0.2, 0.25) is 0 Å². The first-order chi connectivity index (χ1) is 13.4. The fourth-order valence-electron chi connectivity index (χ4n) is 2.77. The van der Waals surface area contributed by atoms with E-state index in [4.69, 9.17) is 0 Å². The van der Waals surface area contributed by atoms with Crippen LogP contribution in [0.4, 0.5) is 18.9 Å². The first-order valence-corrected chi connectivity index (χ1v) is 8.16. The molecular weight excluding hydrogens is 371 g/mol. The molecule has 0 saturated carbocycles. The molecule has 0 atom stereocenters. The average molecular weight is 383 g/mol. The number of hydrogen-bond donors (Lipinski definition) is 1. The Balaban J connectivity index is 1.77. The molecule has 9 heteroatoms. The molecule has 6 nitrogen and oxygen atoms in total. The van der Waals surface area contributed by atoms with Crippen LogP contribution in [0.25, 0.3) is 16.9 Å². The molecule has 28 heavy (non-hydrogen) atoms. The van der Waals surface area contributed by atoms with E-state index in [-0.39, 0.29) is 22.5 Å². The van der Waals surface area contributed by atoms with Gasteiger partial charge in [-0.25, -0.2) is 9.50 Å². The number of aromatic nitrogens is 4. The topological polar surface area (TPSA) is 72.2 Å². The maximum atomic E-state index is 13.3. The number of nitrogens with one attached hydrogen (secondary N) is 1. The number of pyridine rings is 1. The Bertz CT molecular complexity index is 1160. The van der Waals surface area contributed by atoms with Crippen LogP contribution in [0.15, 0.2) is 67.3 Å². The summed E-state index contributed by atoms with van der Waals surface area (Å²) in [5.41, 5.74) is -0.0159. The summed E-state index contributed by atoms with van der Waals surface area (Å²) < 4.78 is 41.3. The summed E-state index contributed by atoms with van der Waals surface area (Å²) >= 11 is 0. The minimum Gasteiger partial charge on any atom is -0.320 e. The van der Waals surface area contributed by atoms with Crippen molar-refractivity contribution in [3.05, 3.63) is 78.4 Å². The smallest absolute Gasteiger partial charge is 0.320 e. The lowest BCUT2D eigenvalue weighted by Crippen LogP contribution is -2.12. The Morgan fingerprint density at radius 3 is 2.61 bits per heavy atom. The highest BCUT2D eigenvalue weighted by Crippen LogP contribution is 2.36. The van der Waals surface area contributed by atoms with Crippen molar-refractivity contribution in [2.45, 2.75) is 6.18 Å². The summed E-state index contributed by atoms with van der Waals surface area (Å²) in [6.45, 7) is 0. The Morgan fingerprint density at radius 1 is 1.04 bits per heavy atom. The molecule has 0 aliphatic heterocycles. The van der Waals surface area contributed by atoms with E-state index in [1.165, 1.54) is 47.4 Å². The largest absolute Gasteiger partial charge is 0.417 e. The fourth-order valence-corrected chi connectivity index (χ4v) is 2.77. The minimum atomic E-state index is -4.52. The van der Waals surface area contributed by atoms with Crippen molar-refractivity contribution >= 4 is 17.2 Å². The van der Waals surface area contributed by atoms with Crippen molar-refractivity contribution in [3.63, 3.8) is 0 Å². The van der Waals surface area contributed by atoms with E-state index >= 15 is 0 Å². The molecule has 0 fully saturated rings. The fraction of sp³-hybridized carbons (Fsp3) is 0.0526. The number of nitrogens with zero attached hydrogens (tertiary/aromatic N) is 4. The number of rotatable bonds is 3. The van der Waals surface area contributed by atoms with Crippen LogP contribution in [-0.2, 0) is 6.18 Å². The van der Waals surface area contributed by atoms with Gasteiger partial charge in [0, 0.05) is 18.0 Å². The number of carbonyl (C=O) groups is 1. The van der Waals surface area contributed by atoms with Crippen molar-refractivity contribution in [3.8, 4) is 11.3 Å². The maximum absolute atomic E-state index is 13.3. The predicted octanol–water partition coefficient (Wildman–Crippen LogP) is 4.06. The standard InChI is InChI=1S/C19H12F3N5O/c20-19(21,22)15-6-2-1-5-13(15)16-7-9-27-17(26-16)14(11-24-27)18(28)25-12-4-3-8-23-10-12/h1-11H,(H,25,28). The molecule has 0 aliphatic rings. The molecule has 1 aromatic carbocycles. The number of benzene rings is 1. The first kappa shape index (κ1) is 17.7. The Kier molecular flexibility index (Phi) is 4.26. The Labute approximate surface area is 156 Å². The number of halogens is 3. The van der Waals surface area contributed by atoms with E-state index in [2.05, 4.69) is 20.4 Å². The van der Waals surface area contributed by atoms with Gasteiger partial charge in [0.15, 0.2) is 5.65 Å². The van der Waals surface area contributed by atoms with Crippen LogP contribution in [0.5, 0.6) is 0 Å². The lowest BCUT2D eigenvalue weighted by Gasteiger charge is -2.12. The highest BCUT2D eigenvalue weighted by atomic mass is 19.4. The highest BCUT2D eigenvalue weighted by molar-refractivity contribution is 6.08. The van der Waals surface area contributed by atoms with Gasteiger partial charge in [0.1, 0.15) is 5.56 Å². The minimum absolute atomic E-state index is 0.0719. The molecule has 3 heterocycles. The molecule has 0 aliphatic carbocycles. The second kappa shape index (κ2) is 6.76. The number of carbonyl (C=O) groups excluding carboxylic acids is 1. The third kappa shape index (κ3) is 3.29. The summed E-state index contributed by atoms with van der Waals surface area (Å²) in [6.07, 6.45) is 1.29. The van der Waals surface area contributed by atoms with Gasteiger partial charge in [-0.05, 0) is 24.3 Å². The summed E-state index contributed by atoms with van der Waals surface area (Å²) in [5.74, 6) is -0.489. The van der Waals surface area contributed by atoms with E-state index in [9.17, 15) is 18.0 Å². The number of hydrogen-bond acceptors (Lipinski definition) is 4. The van der Waals surface area contributed by atoms with Crippen LogP contribution < -0.4 is 5.32 Å². The zero-order valence-electron chi connectivity index (χ0n) is 14.2. The average Bonchev–Trinajstić information content (AvgIpc) is 3.11. The number of anilines is 1. The summed E-state index contributed by atoms with van der Waals surface area (Å²) in [7, 11) is 0. The molecule has 0 unspecified atom stereocenters. The quantitative estimate of drug-likeness (QED) is 0.579. The van der Waals surface area contributed by atoms with Crippen LogP contribution >= 0.6 is 0 Å². The van der Waals surface area contributed by atoms with Crippen molar-refractivity contribution in [2.75, 3.05) is 5.32 Å². The molecule has 0 spiro atoms. The Morgan fingerprint density at radius 2 is 1.86 bits per heavy atom. The molecule has 0 bridgehead atoms. The van der Waals surface area contributed by atoms with E-state index in [0.29, 0.717) is 5.69 Å². The van der Waals surface area contributed by atoms with E-state index < -0.39 is 17.6 Å². The van der Waals surface area contributed by atoms with Gasteiger partial charge in [-0.1, -0.05) is 18.2 Å². The van der Waals surface area contributed by atoms with Crippen molar-refractivity contribution in [1.82, 2.24) is 19.6 Å². The summed E-state index contributed by atoms with van der Waals surface area (Å²) in [4.78, 5) is 20.7. The molecule has 140 valence electrons. The molecule has 4 rings (SSSR count). The van der Waals surface area contributed by atoms with Crippen LogP contribution in [0, 0.1) is 0 Å². The molecule has 0 saturated heterocycles. The molecule has 3 aromatic heterocycles. The Hall–Kier alpha value is -3.75. The third-order valence-corrected chi connectivity index (χ3v) is 4.04. The van der Waals surface area contributed by atoms with E-state index in [1.807, 2.05) is 0 Å². The monoisotopic (exact) mass is 383 g/mol. The van der Waals surface area contributed by atoms with E-state index in [1.54, 1.807) is 18.3 Å². The number of fused-ring (bicyclic) bond motifs is 1. The van der Waals surface area contributed by atoms with Gasteiger partial charge < -0.3 is 5.32 Å². The zero-order valence-corrected chi connectivity index (χ0v) is 14.2. The third-order valence-electron chi connectivity index (χ3n) is 4.04. The molecular formula is C19H12F3N5O. The van der Waals surface area contributed by atoms with Crippen LogP contribution in [-0.4, -0.2) is 25.5 Å². The van der Waals surface area contributed by atoms with Gasteiger partial charge in [-0.3, -0.25) is 9.78 Å². The second-order valence-corrected chi connectivity index (χ2v) is 5.88. The van der Waals surface area contributed by atoms with E-state index in [0.717, 1.165) is 6.07 Å². The maximum Gasteiger partial charge on any atom is 0.417 e. The molecule has 1 amide bonds. The lowest BCUT2D eigenvalue weighted by molar-refractivity contribution is -0.137. The number of alkyl halides is 3. The van der Waals surface area contributed by atoms with Crippen molar-refractivity contribution in [2.24, 2.45) is 0 Å². The van der Waals surface area contributed by atoms with Gasteiger partial charge >= 0.3 is 6.18 Å². The van der Waals surface area contributed by atoms with Crippen LogP contribution in [0.1, 0.15) is 15.9 Å². The second-order valence-electron chi connectivity index (χ2n) is 5.88. The first-order valence-electron chi connectivity index (χ1n) is 8.16. The molecule has 4 aromatic rings. The molecule has 1 N–H and O–H groups in total. The van der Waals surface area contributed by atoms with Crippen LogP contribution in [0.3, 0.4) is 0 Å². The van der Waals surface area contributed by atoms with Gasteiger partial charge in [-0.15, -0.1) is 0 Å². The highest BCUT2D eigenvalue weighted by Gasteiger charge is 2.33. The SMILES string of the molecule is O=C(Nc1cccnc1)c1cnn2ccc(-c3ccccc3C(F)(F)F)nc12. The number of amides is 1. The van der Waals surface area contributed by atoms with Crippen molar-refractivity contribution in [1.29, 1.82) is 0 Å². The van der Waals surface area contributed by atoms with Crippen LogP contribution in [0.2, 0.25) is 0 Å². The van der Waals surface area contributed by atoms with Gasteiger partial charge in [0.05, 0.1) is 29.3 Å². The lowest BCUT2D eigenvalue weighted by atomic mass is 10.0. The predicted molar refractivity (Wildman–Crippen MR) is 95.6 cm³/mol. The van der Waals surface area contributed by atoms with Crippen molar-refractivity contribution < 1.29 is 18.0 Å². The summed E-state index contributed by atoms with van der Waals surface area (Å²) in [6, 6.07) is 9.90. The normalized spacial score (nSPS) is 11.5. The zero-order chi connectivity index (χ0) is 19.7. The summed E-state index contributed by atoms with van der Waals surface area (Å²) in [5, 5.41) is 6.70. The van der Waals surface area contributed by atoms with Gasteiger partial charge in [0.25, 0.3) is 5.91 Å².